The predicted octanol–water partition coefficient (Wildman–Crippen LogP) is 1.97. The van der Waals surface area contributed by atoms with Gasteiger partial charge in [0.05, 0.1) is 19.2 Å². The van der Waals surface area contributed by atoms with Gasteiger partial charge in [-0.25, -0.2) is 0 Å². The van der Waals surface area contributed by atoms with Gasteiger partial charge in [0, 0.05) is 71.5 Å². The van der Waals surface area contributed by atoms with Gasteiger partial charge in [-0.1, -0.05) is 30.3 Å². The highest BCUT2D eigenvalue weighted by atomic mass is 16.5. The lowest BCUT2D eigenvalue weighted by Gasteiger charge is -2.38. The number of hydrogen-bond acceptors (Lipinski definition) is 6. The number of aliphatic hydroxyl groups is 1. The molecule has 182 valence electrons. The highest BCUT2D eigenvalue weighted by Crippen LogP contribution is 2.30. The fourth-order valence-electron chi connectivity index (χ4n) is 5.32. The molecule has 5 rings (SSSR count). The van der Waals surface area contributed by atoms with Crippen molar-refractivity contribution >= 4 is 11.6 Å². The molecule has 0 spiro atoms. The number of ether oxygens (including phenoxy) is 1. The first-order valence-corrected chi connectivity index (χ1v) is 12.4. The average molecular weight is 465 g/mol. The molecule has 0 radical (unpaired) electrons. The van der Waals surface area contributed by atoms with Crippen LogP contribution in [0.2, 0.25) is 0 Å². The Morgan fingerprint density at radius 1 is 1.00 bits per heavy atom. The summed E-state index contributed by atoms with van der Waals surface area (Å²) in [4.78, 5) is 20.2. The first-order valence-electron chi connectivity index (χ1n) is 12.4. The molecule has 3 heterocycles. The van der Waals surface area contributed by atoms with Crippen molar-refractivity contribution in [3.8, 4) is 5.75 Å². The molecule has 3 aliphatic rings. The number of fused-ring (bicyclic) bond motifs is 2. The van der Waals surface area contributed by atoms with E-state index in [1.807, 2.05) is 6.07 Å². The number of anilines is 1. The molecule has 7 heteroatoms. The van der Waals surface area contributed by atoms with Crippen molar-refractivity contribution in [2.45, 2.75) is 38.6 Å². The van der Waals surface area contributed by atoms with Crippen molar-refractivity contribution in [1.82, 2.24) is 14.7 Å². The lowest BCUT2D eigenvalue weighted by molar-refractivity contribution is -0.137. The Morgan fingerprint density at radius 2 is 1.71 bits per heavy atom. The summed E-state index contributed by atoms with van der Waals surface area (Å²) in [5.74, 6) is 0.964. The second kappa shape index (κ2) is 9.94. The fraction of sp³-hybridized carbons (Fsp3) is 0.519. The summed E-state index contributed by atoms with van der Waals surface area (Å²) < 4.78 is 6.11. The molecular weight excluding hydrogens is 428 g/mol. The molecule has 2 aromatic carbocycles. The summed E-state index contributed by atoms with van der Waals surface area (Å²) in [7, 11) is 2.12. The molecule has 0 aromatic heterocycles. The van der Waals surface area contributed by atoms with Gasteiger partial charge in [0.15, 0.2) is 0 Å². The second-order valence-corrected chi connectivity index (χ2v) is 10.0. The Labute approximate surface area is 202 Å². The van der Waals surface area contributed by atoms with E-state index in [1.54, 1.807) is 11.8 Å². The monoisotopic (exact) mass is 464 g/mol. The lowest BCUT2D eigenvalue weighted by atomic mass is 10.00. The van der Waals surface area contributed by atoms with Gasteiger partial charge in [-0.2, -0.15) is 0 Å². The molecule has 1 fully saturated rings. The lowest BCUT2D eigenvalue weighted by Crippen LogP contribution is -2.55. The van der Waals surface area contributed by atoms with Crippen molar-refractivity contribution in [3.63, 3.8) is 0 Å². The topological polar surface area (TPSA) is 59.5 Å². The maximum absolute atomic E-state index is 11.4. The van der Waals surface area contributed by atoms with Crippen LogP contribution in [0.3, 0.4) is 0 Å². The third-order valence-corrected chi connectivity index (χ3v) is 7.36. The number of nitrogens with zero attached hydrogens (tertiary/aromatic N) is 4. The Morgan fingerprint density at radius 3 is 2.47 bits per heavy atom. The zero-order valence-corrected chi connectivity index (χ0v) is 20.3. The van der Waals surface area contributed by atoms with Gasteiger partial charge in [-0.05, 0) is 29.2 Å². The number of carbonyl (C=O) groups excluding carboxylic acids is 1. The molecule has 3 aliphatic heterocycles. The molecule has 1 saturated heterocycles. The number of carbonyl (C=O) groups is 1. The smallest absolute Gasteiger partial charge is 0.219 e. The van der Waals surface area contributed by atoms with E-state index in [9.17, 15) is 9.90 Å². The number of likely N-dealkylation sites (tertiary alicyclic amines) is 1. The zero-order chi connectivity index (χ0) is 23.7. The van der Waals surface area contributed by atoms with E-state index in [-0.39, 0.29) is 18.1 Å². The first kappa shape index (κ1) is 23.1. The van der Waals surface area contributed by atoms with Gasteiger partial charge in [0.1, 0.15) is 11.9 Å². The van der Waals surface area contributed by atoms with E-state index in [0.29, 0.717) is 26.2 Å². The van der Waals surface area contributed by atoms with E-state index >= 15 is 0 Å². The predicted molar refractivity (Wildman–Crippen MR) is 133 cm³/mol. The maximum atomic E-state index is 11.4. The molecule has 0 saturated carbocycles. The molecule has 0 unspecified atom stereocenters. The highest BCUT2D eigenvalue weighted by molar-refractivity contribution is 5.74. The first-order chi connectivity index (χ1) is 16.4. The van der Waals surface area contributed by atoms with Crippen molar-refractivity contribution in [2.24, 2.45) is 0 Å². The van der Waals surface area contributed by atoms with Gasteiger partial charge in [0.25, 0.3) is 0 Å². The molecule has 2 aromatic rings. The quantitative estimate of drug-likeness (QED) is 0.706. The molecule has 0 aliphatic carbocycles. The van der Waals surface area contributed by atoms with E-state index in [4.69, 9.17) is 4.74 Å². The number of aliphatic hydroxyl groups excluding tert-OH is 1. The van der Waals surface area contributed by atoms with E-state index in [2.05, 4.69) is 58.1 Å². The van der Waals surface area contributed by atoms with E-state index in [0.717, 1.165) is 44.9 Å². The van der Waals surface area contributed by atoms with Crippen molar-refractivity contribution < 1.29 is 14.6 Å². The summed E-state index contributed by atoms with van der Waals surface area (Å²) in [6.07, 6.45) is 0.761. The van der Waals surface area contributed by atoms with E-state index in [1.165, 1.54) is 22.4 Å². The van der Waals surface area contributed by atoms with Crippen LogP contribution in [0.5, 0.6) is 5.75 Å². The number of benzene rings is 2. The van der Waals surface area contributed by atoms with Crippen LogP contribution in [0.1, 0.15) is 23.6 Å². The average Bonchev–Trinajstić information content (AvgIpc) is 2.94. The highest BCUT2D eigenvalue weighted by Gasteiger charge is 2.30. The van der Waals surface area contributed by atoms with Gasteiger partial charge in [-0.3, -0.25) is 14.6 Å². The summed E-state index contributed by atoms with van der Waals surface area (Å²) >= 11 is 0. The van der Waals surface area contributed by atoms with Crippen molar-refractivity contribution in [2.75, 3.05) is 57.8 Å². The summed E-state index contributed by atoms with van der Waals surface area (Å²) in [6.45, 7) is 8.88. The van der Waals surface area contributed by atoms with Crippen LogP contribution in [0, 0.1) is 0 Å². The zero-order valence-electron chi connectivity index (χ0n) is 20.3. The van der Waals surface area contributed by atoms with Gasteiger partial charge in [-0.15, -0.1) is 0 Å². The second-order valence-electron chi connectivity index (χ2n) is 10.0. The van der Waals surface area contributed by atoms with Crippen LogP contribution in [0.4, 0.5) is 5.69 Å². The standard InChI is InChI=1S/C27H36N4O3/c1-20(32)31-18-26(19-31)34-25-8-7-23-15-30(12-11-28(2)27(23)13-25)17-24(33)16-29-10-9-21-5-3-4-6-22(21)14-29/h3-8,13,24,26,33H,9-12,14-19H2,1-2H3/t24-/m1/s1. The summed E-state index contributed by atoms with van der Waals surface area (Å²) in [5.41, 5.74) is 5.27. The molecule has 1 amide bonds. The van der Waals surface area contributed by atoms with Crippen LogP contribution in [0.15, 0.2) is 42.5 Å². The van der Waals surface area contributed by atoms with Gasteiger partial charge >= 0.3 is 0 Å². The minimum Gasteiger partial charge on any atom is -0.487 e. The number of rotatable bonds is 6. The third-order valence-electron chi connectivity index (χ3n) is 7.36. The van der Waals surface area contributed by atoms with Gasteiger partial charge in [0.2, 0.25) is 5.91 Å². The van der Waals surface area contributed by atoms with E-state index < -0.39 is 0 Å². The third kappa shape index (κ3) is 5.22. The number of amides is 1. The van der Waals surface area contributed by atoms with Crippen LogP contribution >= 0.6 is 0 Å². The molecule has 1 N–H and O–H groups in total. The Hall–Kier alpha value is -2.61. The molecule has 0 bridgehead atoms. The normalized spacial score (nSPS) is 20.2. The maximum Gasteiger partial charge on any atom is 0.219 e. The van der Waals surface area contributed by atoms with Crippen LogP contribution in [-0.4, -0.2) is 90.8 Å². The molecule has 7 nitrogen and oxygen atoms in total. The SMILES string of the molecule is CC(=O)N1CC(Oc2ccc3c(c2)N(C)CCN(C[C@H](O)CN2CCc4ccccc4C2)C3)C1. The number of hydrogen-bond donors (Lipinski definition) is 1. The summed E-state index contributed by atoms with van der Waals surface area (Å²) in [6, 6.07) is 14.9. The minimum absolute atomic E-state index is 0.0754. The number of likely N-dealkylation sites (N-methyl/N-ethyl adjacent to an activating group) is 1. The van der Waals surface area contributed by atoms with Crippen LogP contribution < -0.4 is 9.64 Å². The molecule has 1 atom stereocenters. The van der Waals surface area contributed by atoms with Crippen LogP contribution in [-0.2, 0) is 24.3 Å². The fourth-order valence-corrected chi connectivity index (χ4v) is 5.32. The van der Waals surface area contributed by atoms with Crippen LogP contribution in [0.25, 0.3) is 0 Å². The summed E-state index contributed by atoms with van der Waals surface area (Å²) in [5, 5.41) is 10.9. The molecule has 34 heavy (non-hydrogen) atoms. The van der Waals surface area contributed by atoms with Crippen molar-refractivity contribution in [1.29, 1.82) is 0 Å². The Balaban J connectivity index is 1.16. The largest absolute Gasteiger partial charge is 0.487 e. The minimum atomic E-state index is -0.373. The Bertz CT molecular complexity index is 1020. The molecular formula is C27H36N4O3. The number of β-amino-alcohol motifs (C(OH)–C–C–N with tert-alkyl or cyclic N) is 1. The van der Waals surface area contributed by atoms with Crippen molar-refractivity contribution in [3.05, 3.63) is 59.2 Å². The van der Waals surface area contributed by atoms with Gasteiger partial charge < -0.3 is 19.6 Å². The Kier molecular flexibility index (Phi) is 6.77.